The Labute approximate surface area is 196 Å². The van der Waals surface area contributed by atoms with Crippen molar-refractivity contribution in [3.8, 4) is 5.75 Å². The molecule has 2 aromatic carbocycles. The molecule has 32 heavy (non-hydrogen) atoms. The van der Waals surface area contributed by atoms with E-state index in [4.69, 9.17) is 16.3 Å². The summed E-state index contributed by atoms with van der Waals surface area (Å²) in [5.74, 6) is -0.256. The average molecular weight is 453 g/mol. The Balaban J connectivity index is 2.07. The van der Waals surface area contributed by atoms with E-state index in [0.29, 0.717) is 11.6 Å². The van der Waals surface area contributed by atoms with Crippen LogP contribution < -0.4 is 0 Å². The first-order chi connectivity index (χ1) is 15.0. The third-order valence-corrected chi connectivity index (χ3v) is 6.13. The van der Waals surface area contributed by atoms with E-state index in [1.807, 2.05) is 24.3 Å². The number of benzene rings is 2. The van der Waals surface area contributed by atoms with E-state index in [0.717, 1.165) is 29.5 Å². The third-order valence-electron chi connectivity index (χ3n) is 5.83. The fourth-order valence-corrected chi connectivity index (χ4v) is 5.35. The minimum absolute atomic E-state index is 0.0866. The van der Waals surface area contributed by atoms with Gasteiger partial charge in [-0.05, 0) is 77.5 Å². The molecule has 0 amide bonds. The first-order valence-corrected chi connectivity index (χ1v) is 11.5. The predicted octanol–water partition coefficient (Wildman–Crippen LogP) is 7.66. The molecule has 0 aromatic heterocycles. The van der Waals surface area contributed by atoms with Gasteiger partial charge in [-0.15, -0.1) is 0 Å². The second-order valence-electron chi connectivity index (χ2n) is 10.2. The normalized spacial score (nSPS) is 17.4. The molecule has 170 valence electrons. The Kier molecular flexibility index (Phi) is 7.19. The summed E-state index contributed by atoms with van der Waals surface area (Å²) in [6.07, 6.45) is 6.40. The van der Waals surface area contributed by atoms with Crippen LogP contribution in [0.4, 0.5) is 0 Å². The van der Waals surface area contributed by atoms with Gasteiger partial charge >= 0.3 is 5.97 Å². The molecular weight excluding hydrogens is 420 g/mol. The smallest absolute Gasteiger partial charge is 0.330 e. The highest BCUT2D eigenvalue weighted by atomic mass is 35.5. The number of carbonyl (C=O) groups excluding carboxylic acids is 1. The molecule has 0 heterocycles. The van der Waals surface area contributed by atoms with Crippen molar-refractivity contribution in [2.75, 3.05) is 6.61 Å². The molecule has 1 aliphatic carbocycles. The fraction of sp³-hybridized carbons (Fsp3) is 0.393. The number of aromatic hydroxyl groups is 1. The number of esters is 1. The summed E-state index contributed by atoms with van der Waals surface area (Å²) >= 11 is 6.29. The van der Waals surface area contributed by atoms with Crippen molar-refractivity contribution in [1.29, 1.82) is 0 Å². The van der Waals surface area contributed by atoms with Crippen molar-refractivity contribution in [3.05, 3.63) is 75.8 Å². The number of ether oxygens (including phenoxy) is 1. The number of hydrogen-bond donors (Lipinski definition) is 1. The Bertz CT molecular complexity index is 1020. The molecule has 3 nitrogen and oxygen atoms in total. The van der Waals surface area contributed by atoms with Crippen LogP contribution in [-0.2, 0) is 9.53 Å². The van der Waals surface area contributed by atoms with E-state index in [2.05, 4.69) is 39.8 Å². The summed E-state index contributed by atoms with van der Waals surface area (Å²) in [4.78, 5) is 11.6. The van der Waals surface area contributed by atoms with Crippen LogP contribution in [0.25, 0.3) is 11.6 Å². The van der Waals surface area contributed by atoms with Crippen molar-refractivity contribution in [2.24, 2.45) is 10.8 Å². The van der Waals surface area contributed by atoms with Gasteiger partial charge < -0.3 is 9.84 Å². The second kappa shape index (κ2) is 9.54. The van der Waals surface area contributed by atoms with Gasteiger partial charge in [-0.3, -0.25) is 0 Å². The van der Waals surface area contributed by atoms with Crippen LogP contribution in [0, 0.1) is 10.8 Å². The van der Waals surface area contributed by atoms with Crippen LogP contribution in [0.3, 0.4) is 0 Å². The van der Waals surface area contributed by atoms with E-state index in [-0.39, 0.29) is 22.5 Å². The number of rotatable bonds is 5. The van der Waals surface area contributed by atoms with Crippen LogP contribution in [0.15, 0.2) is 54.1 Å². The molecule has 2 aromatic rings. The Morgan fingerprint density at radius 3 is 2.19 bits per heavy atom. The van der Waals surface area contributed by atoms with Gasteiger partial charge in [0.2, 0.25) is 0 Å². The maximum atomic E-state index is 11.6. The van der Waals surface area contributed by atoms with Crippen LogP contribution in [0.1, 0.15) is 70.6 Å². The highest BCUT2D eigenvalue weighted by Gasteiger charge is 2.37. The second-order valence-corrected chi connectivity index (χ2v) is 10.6. The molecule has 0 atom stereocenters. The zero-order valence-electron chi connectivity index (χ0n) is 19.7. The lowest BCUT2D eigenvalue weighted by Gasteiger charge is -2.43. The Morgan fingerprint density at radius 2 is 1.62 bits per heavy atom. The van der Waals surface area contributed by atoms with Crippen molar-refractivity contribution < 1.29 is 14.6 Å². The molecule has 0 unspecified atom stereocenters. The molecule has 1 N–H and O–H groups in total. The number of halogens is 1. The summed E-state index contributed by atoms with van der Waals surface area (Å²) in [5.41, 5.74) is 6.02. The van der Waals surface area contributed by atoms with Crippen molar-refractivity contribution >= 4 is 29.2 Å². The van der Waals surface area contributed by atoms with E-state index in [1.165, 1.54) is 23.6 Å². The van der Waals surface area contributed by atoms with Gasteiger partial charge in [0.15, 0.2) is 0 Å². The van der Waals surface area contributed by atoms with Crippen LogP contribution in [0.5, 0.6) is 5.75 Å². The number of phenols is 1. The SMILES string of the molecule is CCOC(=O)/C=C/c1ccc(C(=C2CC(C)(C)CC(C)(C)C2)c2ccc(O)c(Cl)c2)cc1. The highest BCUT2D eigenvalue weighted by molar-refractivity contribution is 6.32. The fourth-order valence-electron chi connectivity index (χ4n) is 5.17. The van der Waals surface area contributed by atoms with Gasteiger partial charge in [-0.2, -0.15) is 0 Å². The summed E-state index contributed by atoms with van der Waals surface area (Å²) < 4.78 is 4.96. The number of phenolic OH excluding ortho intramolecular Hbond substituents is 1. The number of carbonyl (C=O) groups is 1. The molecule has 1 saturated carbocycles. The van der Waals surface area contributed by atoms with E-state index < -0.39 is 0 Å². The summed E-state index contributed by atoms with van der Waals surface area (Å²) in [5, 5.41) is 10.3. The maximum absolute atomic E-state index is 11.6. The number of allylic oxidation sites excluding steroid dienone is 1. The van der Waals surface area contributed by atoms with Gasteiger partial charge in [0.25, 0.3) is 0 Å². The monoisotopic (exact) mass is 452 g/mol. The molecule has 0 aliphatic heterocycles. The van der Waals surface area contributed by atoms with E-state index in [9.17, 15) is 9.90 Å². The zero-order valence-corrected chi connectivity index (χ0v) is 20.4. The molecular formula is C28H33ClO3. The Morgan fingerprint density at radius 1 is 1.03 bits per heavy atom. The third kappa shape index (κ3) is 6.04. The first-order valence-electron chi connectivity index (χ1n) is 11.2. The van der Waals surface area contributed by atoms with Gasteiger partial charge in [-0.25, -0.2) is 4.79 Å². The molecule has 3 rings (SSSR count). The maximum Gasteiger partial charge on any atom is 0.330 e. The quantitative estimate of drug-likeness (QED) is 0.374. The van der Waals surface area contributed by atoms with Gasteiger partial charge in [0.05, 0.1) is 11.6 Å². The molecule has 0 spiro atoms. The molecule has 0 radical (unpaired) electrons. The summed E-state index contributed by atoms with van der Waals surface area (Å²) in [6, 6.07) is 13.6. The topological polar surface area (TPSA) is 46.5 Å². The Hall–Kier alpha value is -2.52. The van der Waals surface area contributed by atoms with Gasteiger partial charge in [-0.1, -0.05) is 75.2 Å². The van der Waals surface area contributed by atoms with Crippen molar-refractivity contribution in [1.82, 2.24) is 0 Å². The average Bonchev–Trinajstić information content (AvgIpc) is 2.68. The standard InChI is InChI=1S/C28H33ClO3/c1-6-32-25(31)14-9-19-7-10-20(11-8-19)26(21-12-13-24(30)23(29)15-21)22-16-27(2,3)18-28(4,5)17-22/h7-15,30H,6,16-18H2,1-5H3/b14-9+. The van der Waals surface area contributed by atoms with E-state index in [1.54, 1.807) is 19.1 Å². The molecule has 1 aliphatic rings. The minimum Gasteiger partial charge on any atom is -0.506 e. The van der Waals surface area contributed by atoms with Crippen LogP contribution in [-0.4, -0.2) is 17.7 Å². The lowest BCUT2D eigenvalue weighted by molar-refractivity contribution is -0.137. The van der Waals surface area contributed by atoms with Gasteiger partial charge in [0, 0.05) is 6.08 Å². The van der Waals surface area contributed by atoms with Crippen molar-refractivity contribution in [2.45, 2.75) is 53.9 Å². The number of hydrogen-bond acceptors (Lipinski definition) is 3. The zero-order chi connectivity index (χ0) is 23.5. The first kappa shape index (κ1) is 24.1. The lowest BCUT2D eigenvalue weighted by atomic mass is 9.62. The van der Waals surface area contributed by atoms with E-state index >= 15 is 0 Å². The summed E-state index contributed by atoms with van der Waals surface area (Å²) in [7, 11) is 0. The largest absolute Gasteiger partial charge is 0.506 e. The van der Waals surface area contributed by atoms with Crippen LogP contribution in [0.2, 0.25) is 5.02 Å². The highest BCUT2D eigenvalue weighted by Crippen LogP contribution is 2.51. The minimum atomic E-state index is -0.343. The molecule has 0 bridgehead atoms. The lowest BCUT2D eigenvalue weighted by Crippen LogP contribution is -2.30. The van der Waals surface area contributed by atoms with Crippen LogP contribution >= 0.6 is 11.6 Å². The van der Waals surface area contributed by atoms with Crippen molar-refractivity contribution in [3.63, 3.8) is 0 Å². The molecule has 1 fully saturated rings. The predicted molar refractivity (Wildman–Crippen MR) is 133 cm³/mol. The summed E-state index contributed by atoms with van der Waals surface area (Å²) in [6.45, 7) is 11.5. The molecule has 0 saturated heterocycles. The van der Waals surface area contributed by atoms with Gasteiger partial charge in [0.1, 0.15) is 5.75 Å². The molecule has 4 heteroatoms.